The molecule has 0 radical (unpaired) electrons. The zero-order valence-corrected chi connectivity index (χ0v) is 28.0. The molecule has 0 aromatic carbocycles. The zero-order valence-electron chi connectivity index (χ0n) is 28.0. The van der Waals surface area contributed by atoms with Crippen LogP contribution in [0.2, 0.25) is 0 Å². The molecule has 0 saturated heterocycles. The molecule has 3 heteroatoms. The number of rotatable bonds is 10. The summed E-state index contributed by atoms with van der Waals surface area (Å²) in [5.74, 6) is 0.0963. The van der Waals surface area contributed by atoms with Crippen LogP contribution < -0.4 is 0 Å². The Kier molecular flexibility index (Phi) is 13.1. The molecule has 2 aliphatic rings. The van der Waals surface area contributed by atoms with Crippen molar-refractivity contribution in [3.05, 3.63) is 130 Å². The maximum atomic E-state index is 12.2. The van der Waals surface area contributed by atoms with Crippen molar-refractivity contribution in [1.29, 1.82) is 0 Å². The Hall–Kier alpha value is -3.56. The Labute approximate surface area is 260 Å². The molecule has 2 aliphatic carbocycles. The van der Waals surface area contributed by atoms with Crippen molar-refractivity contribution in [2.45, 2.75) is 94.6 Å². The average Bonchev–Trinajstić information content (AvgIpc) is 2.91. The molecule has 43 heavy (non-hydrogen) atoms. The maximum Gasteiger partial charge on any atom is 0.187 e. The molecular weight excluding hydrogens is 528 g/mol. The van der Waals surface area contributed by atoms with E-state index in [9.17, 15) is 14.7 Å². The molecule has 0 bridgehead atoms. The van der Waals surface area contributed by atoms with Gasteiger partial charge >= 0.3 is 0 Å². The minimum Gasteiger partial charge on any atom is -0.385 e. The number of ketones is 2. The van der Waals surface area contributed by atoms with Gasteiger partial charge in [-0.05, 0) is 87.5 Å². The first-order valence-electron chi connectivity index (χ1n) is 15.3. The van der Waals surface area contributed by atoms with Crippen LogP contribution in [0.5, 0.6) is 0 Å². The molecule has 0 aliphatic heterocycles. The van der Waals surface area contributed by atoms with Gasteiger partial charge in [-0.2, -0.15) is 0 Å². The molecule has 0 saturated carbocycles. The first-order chi connectivity index (χ1) is 20.0. The molecule has 0 aromatic rings. The zero-order chi connectivity index (χ0) is 32.4. The highest BCUT2D eigenvalue weighted by Crippen LogP contribution is 2.40. The van der Waals surface area contributed by atoms with Crippen LogP contribution in [-0.4, -0.2) is 22.8 Å². The van der Waals surface area contributed by atoms with E-state index in [4.69, 9.17) is 0 Å². The molecule has 0 fully saturated rings. The van der Waals surface area contributed by atoms with E-state index in [1.165, 1.54) is 0 Å². The summed E-state index contributed by atoms with van der Waals surface area (Å²) in [4.78, 5) is 24.4. The summed E-state index contributed by atoms with van der Waals surface area (Å²) in [7, 11) is 0. The predicted molar refractivity (Wildman–Crippen MR) is 184 cm³/mol. The van der Waals surface area contributed by atoms with Crippen molar-refractivity contribution >= 4 is 11.6 Å². The third-order valence-electron chi connectivity index (χ3n) is 8.33. The predicted octanol–water partition coefficient (Wildman–Crippen LogP) is 9.93. The number of hydrogen-bond acceptors (Lipinski definition) is 3. The van der Waals surface area contributed by atoms with Gasteiger partial charge in [0.2, 0.25) is 0 Å². The second kappa shape index (κ2) is 15.8. The van der Waals surface area contributed by atoms with Gasteiger partial charge in [-0.3, -0.25) is 9.59 Å². The summed E-state index contributed by atoms with van der Waals surface area (Å²) in [5.41, 5.74) is 7.99. The molecule has 0 heterocycles. The van der Waals surface area contributed by atoms with E-state index in [1.54, 1.807) is 6.92 Å². The standard InChI is InChI=1S/C40H52O3/c1-28(17-13-19-30(3)21-23-34-32(5)36(41)25-26-39(34,7)8)15-11-12-16-29(2)18-14-20-31(4)22-24-35-33(6)38(43)37(42)27-40(35,9)10/h11-24,37,42H,25-27H2,1-10H3/b12-11+,17-13+,18-14+,23-21+,24-22+,28-15+,29-16+,30-19+,31-20+/t37-/m1/s1. The van der Waals surface area contributed by atoms with E-state index >= 15 is 0 Å². The highest BCUT2D eigenvalue weighted by Gasteiger charge is 2.36. The molecule has 2 rings (SSSR count). The lowest BCUT2D eigenvalue weighted by atomic mass is 9.71. The molecular formula is C40H52O3. The molecule has 0 aromatic heterocycles. The van der Waals surface area contributed by atoms with Crippen molar-refractivity contribution in [1.82, 2.24) is 0 Å². The van der Waals surface area contributed by atoms with Gasteiger partial charge in [0.15, 0.2) is 11.6 Å². The van der Waals surface area contributed by atoms with Crippen LogP contribution in [0.4, 0.5) is 0 Å². The second-order valence-electron chi connectivity index (χ2n) is 13.3. The minimum atomic E-state index is -0.900. The second-order valence-corrected chi connectivity index (χ2v) is 13.3. The van der Waals surface area contributed by atoms with E-state index in [0.29, 0.717) is 18.4 Å². The van der Waals surface area contributed by atoms with Crippen LogP contribution in [0.1, 0.15) is 88.5 Å². The Morgan fingerprint density at radius 2 is 1.07 bits per heavy atom. The fourth-order valence-corrected chi connectivity index (χ4v) is 5.45. The van der Waals surface area contributed by atoms with E-state index in [1.807, 2.05) is 50.3 Å². The lowest BCUT2D eigenvalue weighted by Crippen LogP contribution is -2.35. The summed E-state index contributed by atoms with van der Waals surface area (Å²) < 4.78 is 0. The van der Waals surface area contributed by atoms with E-state index < -0.39 is 6.10 Å². The number of aliphatic hydroxyl groups excluding tert-OH is 1. The molecule has 1 N–H and O–H groups in total. The highest BCUT2D eigenvalue weighted by atomic mass is 16.3. The van der Waals surface area contributed by atoms with Gasteiger partial charge in [0, 0.05) is 6.42 Å². The third-order valence-corrected chi connectivity index (χ3v) is 8.33. The molecule has 1 atom stereocenters. The molecule has 3 nitrogen and oxygen atoms in total. The van der Waals surface area contributed by atoms with Crippen LogP contribution >= 0.6 is 0 Å². The SMILES string of the molecule is CC1=C(/C=C/C(C)=C/C=C/C(C)=C/C=C/C=C(C)/C=C/C=C(C)/C=C/C2=C(C)C(=O)[C@H](O)CC2(C)C)C(C)(C)CCC1=O. The first kappa shape index (κ1) is 35.6. The van der Waals surface area contributed by atoms with E-state index in [0.717, 1.165) is 45.4 Å². The Bertz CT molecular complexity index is 1420. The summed E-state index contributed by atoms with van der Waals surface area (Å²) in [6.45, 7) is 20.6. The van der Waals surface area contributed by atoms with Crippen LogP contribution in [0.25, 0.3) is 0 Å². The van der Waals surface area contributed by atoms with Crippen molar-refractivity contribution < 1.29 is 14.7 Å². The third kappa shape index (κ3) is 10.9. The Morgan fingerprint density at radius 1 is 0.651 bits per heavy atom. The minimum absolute atomic E-state index is 0.0331. The van der Waals surface area contributed by atoms with Crippen LogP contribution in [-0.2, 0) is 9.59 Å². The normalized spacial score (nSPS) is 23.1. The highest BCUT2D eigenvalue weighted by molar-refractivity contribution is 6.00. The van der Waals surface area contributed by atoms with Crippen molar-refractivity contribution in [3.8, 4) is 0 Å². The fourth-order valence-electron chi connectivity index (χ4n) is 5.45. The van der Waals surface area contributed by atoms with Crippen LogP contribution in [0, 0.1) is 10.8 Å². The number of aliphatic hydroxyl groups is 1. The molecule has 0 unspecified atom stereocenters. The molecule has 0 amide bonds. The summed E-state index contributed by atoms with van der Waals surface area (Å²) in [6.07, 6.45) is 29.9. The summed E-state index contributed by atoms with van der Waals surface area (Å²) in [5, 5.41) is 10.0. The lowest BCUT2D eigenvalue weighted by molar-refractivity contribution is -0.125. The number of carbonyl (C=O) groups is 2. The van der Waals surface area contributed by atoms with Crippen molar-refractivity contribution in [2.75, 3.05) is 0 Å². The molecule has 0 spiro atoms. The number of hydrogen-bond donors (Lipinski definition) is 1. The lowest BCUT2D eigenvalue weighted by Gasteiger charge is -2.34. The quantitative estimate of drug-likeness (QED) is 0.262. The first-order valence-corrected chi connectivity index (χ1v) is 15.3. The van der Waals surface area contributed by atoms with E-state index in [-0.39, 0.29) is 22.4 Å². The Balaban J connectivity index is 1.94. The molecule has 230 valence electrons. The van der Waals surface area contributed by atoms with Gasteiger partial charge in [0.05, 0.1) is 0 Å². The van der Waals surface area contributed by atoms with Gasteiger partial charge in [0.1, 0.15) is 6.10 Å². The average molecular weight is 581 g/mol. The maximum absolute atomic E-state index is 12.2. The largest absolute Gasteiger partial charge is 0.385 e. The van der Waals surface area contributed by atoms with Gasteiger partial charge in [0.25, 0.3) is 0 Å². The van der Waals surface area contributed by atoms with Gasteiger partial charge in [-0.25, -0.2) is 0 Å². The van der Waals surface area contributed by atoms with Crippen molar-refractivity contribution in [2.24, 2.45) is 10.8 Å². The topological polar surface area (TPSA) is 54.4 Å². The van der Waals surface area contributed by atoms with Gasteiger partial charge in [-0.1, -0.05) is 135 Å². The smallest absolute Gasteiger partial charge is 0.187 e. The van der Waals surface area contributed by atoms with Crippen LogP contribution in [0.3, 0.4) is 0 Å². The monoisotopic (exact) mass is 580 g/mol. The summed E-state index contributed by atoms with van der Waals surface area (Å²) in [6, 6.07) is 0. The Morgan fingerprint density at radius 3 is 1.56 bits per heavy atom. The number of allylic oxidation sites excluding steroid dienone is 21. The van der Waals surface area contributed by atoms with E-state index in [2.05, 4.69) is 97.1 Å². The fraction of sp³-hybridized carbons (Fsp3) is 0.400. The van der Waals surface area contributed by atoms with Crippen molar-refractivity contribution in [3.63, 3.8) is 0 Å². The number of carbonyl (C=O) groups excluding carboxylic acids is 2. The van der Waals surface area contributed by atoms with Gasteiger partial charge < -0.3 is 5.11 Å². The number of Topliss-reactive ketones (excluding diaryl/α,β-unsaturated/α-hetero) is 2. The van der Waals surface area contributed by atoms with Gasteiger partial charge in [-0.15, -0.1) is 0 Å². The summed E-state index contributed by atoms with van der Waals surface area (Å²) >= 11 is 0. The van der Waals surface area contributed by atoms with Crippen LogP contribution in [0.15, 0.2) is 130 Å².